The zero-order valence-corrected chi connectivity index (χ0v) is 11.7. The van der Waals surface area contributed by atoms with Crippen LogP contribution in [0, 0.1) is 6.92 Å². The Morgan fingerprint density at radius 1 is 1.47 bits per heavy atom. The first kappa shape index (κ1) is 11.5. The van der Waals surface area contributed by atoms with E-state index in [0.717, 1.165) is 0 Å². The van der Waals surface area contributed by atoms with Gasteiger partial charge >= 0.3 is 0 Å². The van der Waals surface area contributed by atoms with Crippen LogP contribution in [0.25, 0.3) is 0 Å². The monoisotopic (exact) mass is 285 g/mol. The van der Waals surface area contributed by atoms with Gasteiger partial charge in [-0.3, -0.25) is 5.32 Å². The fraction of sp³-hybridized carbons (Fsp3) is 0.500. The normalized spacial score (nSPS) is 24.4. The van der Waals surface area contributed by atoms with E-state index in [1.165, 1.54) is 21.4 Å². The maximum Gasteiger partial charge on any atom is 0.0794 e. The van der Waals surface area contributed by atoms with Crippen molar-refractivity contribution in [3.8, 4) is 0 Å². The Labute approximate surface area is 104 Å². The molecule has 1 aromatic carbocycles. The highest BCUT2D eigenvalue weighted by Gasteiger charge is 2.31. The summed E-state index contributed by atoms with van der Waals surface area (Å²) in [5.41, 5.74) is 2.91. The van der Waals surface area contributed by atoms with Crippen LogP contribution in [0.5, 0.6) is 0 Å². The molecule has 1 aliphatic rings. The molecule has 1 unspecified atom stereocenters. The summed E-state index contributed by atoms with van der Waals surface area (Å²) in [7, 11) is 0. The number of hydrogen-bond acceptors (Lipinski definition) is 2. The number of nitrogens with one attached hydrogen (secondary N) is 1. The van der Waals surface area contributed by atoms with E-state index in [2.05, 4.69) is 60.2 Å². The summed E-state index contributed by atoms with van der Waals surface area (Å²) in [6.07, 6.45) is 0. The third-order valence-corrected chi connectivity index (χ3v) is 5.10. The summed E-state index contributed by atoms with van der Waals surface area (Å²) in [6.45, 7) is 6.62. The topological polar surface area (TPSA) is 12.0 Å². The van der Waals surface area contributed by atoms with Gasteiger partial charge in [0.2, 0.25) is 0 Å². The molecule has 1 N–H and O–H groups in total. The van der Waals surface area contributed by atoms with Crippen LogP contribution in [0.15, 0.2) is 22.7 Å². The third-order valence-electron chi connectivity index (χ3n) is 2.63. The molecule has 0 aliphatic carbocycles. The maximum atomic E-state index is 3.64. The molecule has 1 aliphatic heterocycles. The Morgan fingerprint density at radius 3 is 2.73 bits per heavy atom. The summed E-state index contributed by atoms with van der Waals surface area (Å²) in [5, 5.41) is 4.08. The van der Waals surface area contributed by atoms with Crippen LogP contribution >= 0.6 is 27.7 Å². The molecule has 0 spiro atoms. The molecule has 1 fully saturated rings. The van der Waals surface area contributed by atoms with E-state index in [9.17, 15) is 0 Å². The van der Waals surface area contributed by atoms with Crippen LogP contribution in [-0.2, 0) is 0 Å². The second-order valence-electron chi connectivity index (χ2n) is 4.73. The lowest BCUT2D eigenvalue weighted by molar-refractivity contribution is 0.452. The average Bonchev–Trinajstić information content (AvgIpc) is 2.51. The molecule has 1 atom stereocenters. The number of thioether (sulfide) groups is 1. The molecule has 1 heterocycles. The summed E-state index contributed by atoms with van der Waals surface area (Å²) in [5.74, 6) is 1.17. The van der Waals surface area contributed by atoms with E-state index in [1.54, 1.807) is 0 Å². The van der Waals surface area contributed by atoms with Crippen molar-refractivity contribution >= 4 is 27.7 Å². The van der Waals surface area contributed by atoms with Gasteiger partial charge in [-0.25, -0.2) is 0 Å². The van der Waals surface area contributed by atoms with Gasteiger partial charge < -0.3 is 0 Å². The van der Waals surface area contributed by atoms with Crippen molar-refractivity contribution in [2.45, 2.75) is 31.7 Å². The van der Waals surface area contributed by atoms with E-state index < -0.39 is 0 Å². The van der Waals surface area contributed by atoms with Crippen molar-refractivity contribution in [3.05, 3.63) is 33.8 Å². The van der Waals surface area contributed by atoms with Crippen molar-refractivity contribution < 1.29 is 0 Å². The summed E-state index contributed by atoms with van der Waals surface area (Å²) in [4.78, 5) is 0. The Balaban J connectivity index is 2.21. The number of halogens is 1. The lowest BCUT2D eigenvalue weighted by Crippen LogP contribution is -2.35. The SMILES string of the molecule is Cc1ccc(C2NC(C)(C)CS2)cc1Br. The zero-order chi connectivity index (χ0) is 11.1. The number of benzene rings is 1. The molecule has 0 bridgehead atoms. The average molecular weight is 286 g/mol. The first-order chi connectivity index (χ1) is 6.98. The molecule has 82 valence electrons. The van der Waals surface area contributed by atoms with E-state index in [4.69, 9.17) is 0 Å². The second-order valence-corrected chi connectivity index (χ2v) is 6.68. The quantitative estimate of drug-likeness (QED) is 0.841. The molecule has 1 saturated heterocycles. The molecule has 0 radical (unpaired) electrons. The summed E-state index contributed by atoms with van der Waals surface area (Å²) in [6, 6.07) is 6.61. The van der Waals surface area contributed by atoms with Crippen molar-refractivity contribution in [3.63, 3.8) is 0 Å². The smallest absolute Gasteiger partial charge is 0.0794 e. The predicted molar refractivity (Wildman–Crippen MR) is 71.3 cm³/mol. The highest BCUT2D eigenvalue weighted by atomic mass is 79.9. The molecule has 2 rings (SSSR count). The molecular formula is C12H16BrNS. The van der Waals surface area contributed by atoms with Gasteiger partial charge in [0.1, 0.15) is 0 Å². The lowest BCUT2D eigenvalue weighted by Gasteiger charge is -2.19. The van der Waals surface area contributed by atoms with E-state index in [-0.39, 0.29) is 5.54 Å². The first-order valence-corrected chi connectivity index (χ1v) is 6.97. The summed E-state index contributed by atoms with van der Waals surface area (Å²) >= 11 is 5.57. The van der Waals surface area contributed by atoms with Gasteiger partial charge in [0, 0.05) is 15.8 Å². The highest BCUT2D eigenvalue weighted by Crippen LogP contribution is 2.38. The number of aryl methyl sites for hydroxylation is 1. The van der Waals surface area contributed by atoms with Crippen molar-refractivity contribution in [1.29, 1.82) is 0 Å². The van der Waals surface area contributed by atoms with Crippen molar-refractivity contribution in [2.75, 3.05) is 5.75 Å². The van der Waals surface area contributed by atoms with Gasteiger partial charge in [-0.1, -0.05) is 28.1 Å². The zero-order valence-electron chi connectivity index (χ0n) is 9.30. The number of rotatable bonds is 1. The van der Waals surface area contributed by atoms with Crippen LogP contribution in [0.1, 0.15) is 30.3 Å². The molecule has 15 heavy (non-hydrogen) atoms. The molecule has 1 aromatic rings. The minimum atomic E-state index is 0.257. The Morgan fingerprint density at radius 2 is 2.20 bits per heavy atom. The minimum Gasteiger partial charge on any atom is -0.296 e. The predicted octanol–water partition coefficient (Wildman–Crippen LogP) is 3.87. The minimum absolute atomic E-state index is 0.257. The molecule has 0 saturated carbocycles. The molecule has 0 amide bonds. The van der Waals surface area contributed by atoms with Crippen molar-refractivity contribution in [2.24, 2.45) is 0 Å². The molecule has 3 heteroatoms. The fourth-order valence-corrected chi connectivity index (χ4v) is 3.49. The van der Waals surface area contributed by atoms with Gasteiger partial charge in [-0.2, -0.15) is 0 Å². The fourth-order valence-electron chi connectivity index (χ4n) is 1.68. The van der Waals surface area contributed by atoms with E-state index >= 15 is 0 Å². The lowest BCUT2D eigenvalue weighted by atomic mass is 10.1. The second kappa shape index (κ2) is 4.11. The summed E-state index contributed by atoms with van der Waals surface area (Å²) < 4.78 is 1.20. The van der Waals surface area contributed by atoms with E-state index in [1.807, 2.05) is 11.8 Å². The molecule has 0 aromatic heterocycles. The van der Waals surface area contributed by atoms with Gasteiger partial charge in [0.05, 0.1) is 5.37 Å². The van der Waals surface area contributed by atoms with E-state index in [0.29, 0.717) is 5.37 Å². The van der Waals surface area contributed by atoms with Crippen LogP contribution in [0.2, 0.25) is 0 Å². The van der Waals surface area contributed by atoms with Crippen LogP contribution in [0.4, 0.5) is 0 Å². The van der Waals surface area contributed by atoms with Crippen LogP contribution in [-0.4, -0.2) is 11.3 Å². The largest absolute Gasteiger partial charge is 0.296 e. The number of hydrogen-bond donors (Lipinski definition) is 1. The Kier molecular flexibility index (Phi) is 3.15. The highest BCUT2D eigenvalue weighted by molar-refractivity contribution is 9.10. The standard InChI is InChI=1S/C12H16BrNS/c1-8-4-5-9(6-10(8)13)11-14-12(2,3)7-15-11/h4-6,11,14H,7H2,1-3H3. The molecular weight excluding hydrogens is 270 g/mol. The van der Waals surface area contributed by atoms with Gasteiger partial charge in [-0.05, 0) is 38.0 Å². The molecule has 1 nitrogen and oxygen atoms in total. The first-order valence-electron chi connectivity index (χ1n) is 5.13. The van der Waals surface area contributed by atoms with Gasteiger partial charge in [0.25, 0.3) is 0 Å². The van der Waals surface area contributed by atoms with Gasteiger partial charge in [0.15, 0.2) is 0 Å². The van der Waals surface area contributed by atoms with Crippen molar-refractivity contribution in [1.82, 2.24) is 5.32 Å². The van der Waals surface area contributed by atoms with Crippen LogP contribution in [0.3, 0.4) is 0 Å². The Bertz CT molecular complexity index is 376. The third kappa shape index (κ3) is 2.58. The Hall–Kier alpha value is 0.01000. The van der Waals surface area contributed by atoms with Crippen LogP contribution < -0.4 is 5.32 Å². The van der Waals surface area contributed by atoms with Gasteiger partial charge in [-0.15, -0.1) is 11.8 Å². The maximum absolute atomic E-state index is 3.64.